The summed E-state index contributed by atoms with van der Waals surface area (Å²) in [5, 5.41) is 8.49. The van der Waals surface area contributed by atoms with Gasteiger partial charge in [-0.05, 0) is 31.0 Å². The van der Waals surface area contributed by atoms with Gasteiger partial charge in [-0.2, -0.15) is 0 Å². The van der Waals surface area contributed by atoms with Crippen molar-refractivity contribution in [2.24, 2.45) is 0 Å². The minimum Gasteiger partial charge on any atom is -0.478 e. The number of aryl methyl sites for hydroxylation is 2. The van der Waals surface area contributed by atoms with Gasteiger partial charge in [0.05, 0.1) is 0 Å². The van der Waals surface area contributed by atoms with Gasteiger partial charge in [0, 0.05) is 25.4 Å². The molecule has 0 saturated carbocycles. The van der Waals surface area contributed by atoms with Crippen LogP contribution in [0.4, 0.5) is 5.69 Å². The molecule has 0 fully saturated rings. The van der Waals surface area contributed by atoms with E-state index < -0.39 is 5.97 Å². The average Bonchev–Trinajstić information content (AvgIpc) is 2.21. The number of carboxylic acid groups (broad SMARTS) is 1. The molecule has 0 unspecified atom stereocenters. The van der Waals surface area contributed by atoms with E-state index in [1.807, 2.05) is 25.8 Å². The Morgan fingerprint density at radius 1 is 1.44 bits per heavy atom. The maximum Gasteiger partial charge on any atom is 0.328 e. The third kappa shape index (κ3) is 3.42. The van der Waals surface area contributed by atoms with Crippen LogP contribution < -0.4 is 4.90 Å². The molecule has 0 heterocycles. The van der Waals surface area contributed by atoms with Crippen LogP contribution in [0.1, 0.15) is 11.1 Å². The van der Waals surface area contributed by atoms with Crippen LogP contribution in [0.25, 0.3) is 0 Å². The van der Waals surface area contributed by atoms with Crippen molar-refractivity contribution in [2.45, 2.75) is 13.8 Å². The van der Waals surface area contributed by atoms with E-state index in [2.05, 4.69) is 18.2 Å². The molecule has 0 aliphatic carbocycles. The fourth-order valence-electron chi connectivity index (χ4n) is 1.54. The van der Waals surface area contributed by atoms with Crippen molar-refractivity contribution in [3.8, 4) is 0 Å². The normalized spacial score (nSPS) is 10.7. The van der Waals surface area contributed by atoms with Crippen molar-refractivity contribution in [2.75, 3.05) is 18.5 Å². The molecule has 1 aromatic rings. The third-order valence-electron chi connectivity index (χ3n) is 2.42. The van der Waals surface area contributed by atoms with Gasteiger partial charge >= 0.3 is 5.97 Å². The first kappa shape index (κ1) is 12.3. The maximum atomic E-state index is 10.3. The van der Waals surface area contributed by atoms with Crippen LogP contribution in [0.2, 0.25) is 0 Å². The second-order valence-electron chi connectivity index (χ2n) is 3.91. The van der Waals surface area contributed by atoms with E-state index in [1.165, 1.54) is 17.2 Å². The topological polar surface area (TPSA) is 40.5 Å². The van der Waals surface area contributed by atoms with Crippen LogP contribution in [0, 0.1) is 13.8 Å². The summed E-state index contributed by atoms with van der Waals surface area (Å²) in [7, 11) is 1.95. The molecular weight excluding hydrogens is 202 g/mol. The van der Waals surface area contributed by atoms with Gasteiger partial charge in [0.15, 0.2) is 0 Å². The zero-order chi connectivity index (χ0) is 12.1. The molecule has 1 N–H and O–H groups in total. The van der Waals surface area contributed by atoms with E-state index in [4.69, 9.17) is 5.11 Å². The molecule has 3 nitrogen and oxygen atoms in total. The molecule has 1 aromatic carbocycles. The number of likely N-dealkylation sites (N-methyl/N-ethyl adjacent to an activating group) is 1. The van der Waals surface area contributed by atoms with Crippen molar-refractivity contribution >= 4 is 11.7 Å². The number of carbonyl (C=O) groups is 1. The molecule has 0 bridgehead atoms. The van der Waals surface area contributed by atoms with E-state index in [0.29, 0.717) is 6.54 Å². The first-order chi connectivity index (χ1) is 7.50. The molecule has 0 aromatic heterocycles. The van der Waals surface area contributed by atoms with Gasteiger partial charge in [0.25, 0.3) is 0 Å². The zero-order valence-electron chi connectivity index (χ0n) is 9.90. The summed E-state index contributed by atoms with van der Waals surface area (Å²) in [4.78, 5) is 12.4. The molecule has 1 rings (SSSR count). The van der Waals surface area contributed by atoms with Crippen LogP contribution in [0.15, 0.2) is 30.4 Å². The second-order valence-corrected chi connectivity index (χ2v) is 3.91. The lowest BCUT2D eigenvalue weighted by Gasteiger charge is -2.20. The highest BCUT2D eigenvalue weighted by Crippen LogP contribution is 2.19. The lowest BCUT2D eigenvalue weighted by atomic mass is 10.1. The largest absolute Gasteiger partial charge is 0.478 e. The van der Waals surface area contributed by atoms with Crippen molar-refractivity contribution in [1.29, 1.82) is 0 Å². The number of hydrogen-bond acceptors (Lipinski definition) is 2. The summed E-state index contributed by atoms with van der Waals surface area (Å²) in [6.45, 7) is 4.69. The summed E-state index contributed by atoms with van der Waals surface area (Å²) in [5.41, 5.74) is 3.53. The van der Waals surface area contributed by atoms with Gasteiger partial charge in [0.2, 0.25) is 0 Å². The Kier molecular flexibility index (Phi) is 4.11. The van der Waals surface area contributed by atoms with Crippen LogP contribution >= 0.6 is 0 Å². The first-order valence-electron chi connectivity index (χ1n) is 5.18. The van der Waals surface area contributed by atoms with E-state index in [-0.39, 0.29) is 0 Å². The molecule has 0 spiro atoms. The molecule has 0 atom stereocenters. The number of nitrogens with zero attached hydrogens (tertiary/aromatic N) is 1. The molecular formula is C13H17NO2. The Hall–Kier alpha value is -1.77. The highest BCUT2D eigenvalue weighted by molar-refractivity contribution is 5.79. The lowest BCUT2D eigenvalue weighted by Crippen LogP contribution is -2.18. The summed E-state index contributed by atoms with van der Waals surface area (Å²) < 4.78 is 0. The number of benzene rings is 1. The Bertz CT molecular complexity index is 410. The minimum absolute atomic E-state index is 0.594. The highest BCUT2D eigenvalue weighted by atomic mass is 16.4. The summed E-state index contributed by atoms with van der Waals surface area (Å²) in [5.74, 6) is -0.908. The Morgan fingerprint density at radius 2 is 2.12 bits per heavy atom. The van der Waals surface area contributed by atoms with Gasteiger partial charge in [-0.3, -0.25) is 0 Å². The van der Waals surface area contributed by atoms with Crippen molar-refractivity contribution < 1.29 is 9.90 Å². The Balaban J connectivity index is 2.76. The number of anilines is 1. The molecule has 0 aliphatic rings. The summed E-state index contributed by atoms with van der Waals surface area (Å²) in [6, 6.07) is 6.24. The molecule has 0 saturated heterocycles. The number of rotatable bonds is 4. The third-order valence-corrected chi connectivity index (χ3v) is 2.42. The number of carboxylic acids is 1. The van der Waals surface area contributed by atoms with E-state index in [1.54, 1.807) is 6.08 Å². The maximum absolute atomic E-state index is 10.3. The van der Waals surface area contributed by atoms with Gasteiger partial charge in [0.1, 0.15) is 0 Å². The molecule has 16 heavy (non-hydrogen) atoms. The van der Waals surface area contributed by atoms with Gasteiger partial charge in [-0.1, -0.05) is 18.2 Å². The fraction of sp³-hybridized carbons (Fsp3) is 0.308. The number of aliphatic carboxylic acids is 1. The number of hydrogen-bond donors (Lipinski definition) is 1. The molecule has 0 radical (unpaired) electrons. The van der Waals surface area contributed by atoms with Crippen molar-refractivity contribution in [3.05, 3.63) is 41.5 Å². The molecule has 3 heteroatoms. The highest BCUT2D eigenvalue weighted by Gasteiger charge is 2.02. The predicted octanol–water partition coefficient (Wildman–Crippen LogP) is 2.38. The van der Waals surface area contributed by atoms with Crippen LogP contribution in [-0.4, -0.2) is 24.7 Å². The predicted molar refractivity (Wildman–Crippen MR) is 66.0 cm³/mol. The zero-order valence-corrected chi connectivity index (χ0v) is 9.90. The van der Waals surface area contributed by atoms with Crippen molar-refractivity contribution in [3.63, 3.8) is 0 Å². The smallest absolute Gasteiger partial charge is 0.328 e. The van der Waals surface area contributed by atoms with E-state index in [0.717, 1.165) is 5.69 Å². The lowest BCUT2D eigenvalue weighted by molar-refractivity contribution is -0.131. The van der Waals surface area contributed by atoms with Crippen LogP contribution in [0.5, 0.6) is 0 Å². The van der Waals surface area contributed by atoms with Gasteiger partial charge in [-0.25, -0.2) is 4.79 Å². The average molecular weight is 219 g/mol. The van der Waals surface area contributed by atoms with E-state index in [9.17, 15) is 4.79 Å². The summed E-state index contributed by atoms with van der Waals surface area (Å²) in [6.07, 6.45) is 2.81. The second kappa shape index (κ2) is 5.35. The fourth-order valence-corrected chi connectivity index (χ4v) is 1.54. The molecule has 0 aliphatic heterocycles. The van der Waals surface area contributed by atoms with Crippen LogP contribution in [0.3, 0.4) is 0 Å². The standard InChI is InChI=1S/C13H17NO2/c1-10-6-7-11(2)12(9-10)14(3)8-4-5-13(15)16/h4-7,9H,8H2,1-3H3,(H,15,16)/b5-4+. The first-order valence-corrected chi connectivity index (χ1v) is 5.18. The quantitative estimate of drug-likeness (QED) is 0.790. The Labute approximate surface area is 96.0 Å². The summed E-state index contributed by atoms with van der Waals surface area (Å²) >= 11 is 0. The Morgan fingerprint density at radius 3 is 2.75 bits per heavy atom. The SMILES string of the molecule is Cc1ccc(C)c(N(C)C/C=C/C(=O)O)c1. The van der Waals surface area contributed by atoms with Gasteiger partial charge in [-0.15, -0.1) is 0 Å². The molecule has 86 valence electrons. The van der Waals surface area contributed by atoms with Gasteiger partial charge < -0.3 is 10.0 Å². The van der Waals surface area contributed by atoms with Crippen LogP contribution in [-0.2, 0) is 4.79 Å². The minimum atomic E-state index is -0.908. The molecule has 0 amide bonds. The van der Waals surface area contributed by atoms with Crippen molar-refractivity contribution in [1.82, 2.24) is 0 Å². The van der Waals surface area contributed by atoms with E-state index >= 15 is 0 Å². The monoisotopic (exact) mass is 219 g/mol.